The van der Waals surface area contributed by atoms with E-state index in [1.807, 2.05) is 0 Å². The van der Waals surface area contributed by atoms with Gasteiger partial charge in [0.2, 0.25) is 0 Å². The first-order valence-electron chi connectivity index (χ1n) is 3.17. The minimum atomic E-state index is -2.74. The zero-order valence-electron chi connectivity index (χ0n) is 8.88. The Kier molecular flexibility index (Phi) is 11.5. The first-order chi connectivity index (χ1) is 5.78. The van der Waals surface area contributed by atoms with Crippen LogP contribution in [0.25, 0.3) is 0 Å². The summed E-state index contributed by atoms with van der Waals surface area (Å²) < 4.78 is 0. The van der Waals surface area contributed by atoms with Crippen molar-refractivity contribution in [2.75, 3.05) is 0 Å². The minimum Gasteiger partial charge on any atom is -1.00 e. The summed E-state index contributed by atoms with van der Waals surface area (Å²) in [6.45, 7) is 0. The zero-order valence-corrected chi connectivity index (χ0v) is 12.4. The molecule has 0 saturated heterocycles. The molecule has 0 amide bonds. The molecule has 0 aromatic rings. The normalized spacial score (nSPS) is 9.40. The second kappa shape index (κ2) is 8.35. The Hall–Kier alpha value is 0.188. The Balaban J connectivity index is -0.000000240. The van der Waals surface area contributed by atoms with E-state index in [-0.39, 0.29) is 55.4 Å². The van der Waals surface area contributed by atoms with Crippen molar-refractivity contribution in [1.29, 1.82) is 0 Å². The molecule has 0 heterocycles. The summed E-state index contributed by atoms with van der Waals surface area (Å²) >= 11 is 0. The molecule has 81 valence electrons. The van der Waals surface area contributed by atoms with E-state index >= 15 is 0 Å². The largest absolute Gasteiger partial charge is 1.00 e. The van der Waals surface area contributed by atoms with Gasteiger partial charge in [0.1, 0.15) is 0 Å². The third kappa shape index (κ3) is 8.04. The third-order valence-electron chi connectivity index (χ3n) is 1.29. The van der Waals surface area contributed by atoms with Crippen LogP contribution in [0.4, 0.5) is 0 Å². The fourth-order valence-electron chi connectivity index (χ4n) is 0.714. The molecule has 4 N–H and O–H groups in total. The number of hydrogen-bond donors (Lipinski definition) is 4. The number of aliphatic hydroxyl groups is 1. The van der Waals surface area contributed by atoms with E-state index in [1.54, 1.807) is 0 Å². The van der Waals surface area contributed by atoms with Crippen molar-refractivity contribution in [3.05, 3.63) is 0 Å². The molecule has 0 atom stereocenters. The predicted molar refractivity (Wildman–Crippen MR) is 44.0 cm³/mol. The SMILES string of the molecule is O=C(O)CC(O)(CC(=O)O)C(=O)O.[H-].[Na+].[Sb]. The Morgan fingerprint density at radius 3 is 1.40 bits per heavy atom. The van der Waals surface area contributed by atoms with Crippen LogP contribution in [0.15, 0.2) is 0 Å². The maximum absolute atomic E-state index is 10.3. The molecule has 0 aromatic carbocycles. The number of rotatable bonds is 5. The molecule has 9 heteroatoms. The van der Waals surface area contributed by atoms with Gasteiger partial charge in [0.15, 0.2) is 5.60 Å². The van der Waals surface area contributed by atoms with Crippen LogP contribution < -0.4 is 29.6 Å². The van der Waals surface area contributed by atoms with Gasteiger partial charge in [-0.2, -0.15) is 0 Å². The number of carboxylic acid groups (broad SMARTS) is 3. The third-order valence-corrected chi connectivity index (χ3v) is 1.29. The average Bonchev–Trinajstić information content (AvgIpc) is 1.82. The van der Waals surface area contributed by atoms with Crippen molar-refractivity contribution >= 4 is 42.3 Å². The van der Waals surface area contributed by atoms with Gasteiger partial charge in [-0.15, -0.1) is 0 Å². The molecule has 0 fully saturated rings. The molecule has 3 radical (unpaired) electrons. The predicted octanol–water partition coefficient (Wildman–Crippen LogP) is -4.51. The topological polar surface area (TPSA) is 132 Å². The van der Waals surface area contributed by atoms with Crippen molar-refractivity contribution in [2.45, 2.75) is 18.4 Å². The van der Waals surface area contributed by atoms with Gasteiger partial charge in [-0.25, -0.2) is 4.79 Å². The molecule has 0 aromatic heterocycles. The van der Waals surface area contributed by atoms with Crippen molar-refractivity contribution in [2.24, 2.45) is 0 Å². The van der Waals surface area contributed by atoms with E-state index in [1.165, 1.54) is 0 Å². The Morgan fingerprint density at radius 2 is 1.27 bits per heavy atom. The van der Waals surface area contributed by atoms with E-state index < -0.39 is 36.4 Å². The first kappa shape index (κ1) is 20.6. The standard InChI is InChI=1S/C6H8O7.Na.Sb.H/c7-3(8)1-6(13,5(11)12)2-4(9)10;;;/h13H,1-2H2,(H,7,8)(H,9,10)(H,11,12);;;/q;+1;;-1. The van der Waals surface area contributed by atoms with Gasteiger partial charge in [0.25, 0.3) is 0 Å². The maximum atomic E-state index is 10.3. The molecule has 0 rings (SSSR count). The quantitative estimate of drug-likeness (QED) is 0.372. The van der Waals surface area contributed by atoms with Gasteiger partial charge in [-0.3, -0.25) is 9.59 Å². The van der Waals surface area contributed by atoms with Crippen LogP contribution in [0.5, 0.6) is 0 Å². The minimum absolute atomic E-state index is 0. The number of hydrogen-bond acceptors (Lipinski definition) is 4. The van der Waals surface area contributed by atoms with Crippen molar-refractivity contribution in [3.8, 4) is 0 Å². The molecule has 15 heavy (non-hydrogen) atoms. The molecule has 0 aliphatic heterocycles. The molecular weight excluding hydrogens is 329 g/mol. The van der Waals surface area contributed by atoms with E-state index in [0.29, 0.717) is 0 Å². The van der Waals surface area contributed by atoms with Gasteiger partial charge < -0.3 is 21.9 Å². The Labute approximate surface area is 126 Å². The van der Waals surface area contributed by atoms with Crippen LogP contribution >= 0.6 is 0 Å². The zero-order chi connectivity index (χ0) is 10.6. The molecule has 0 saturated carbocycles. The van der Waals surface area contributed by atoms with E-state index in [0.717, 1.165) is 0 Å². The summed E-state index contributed by atoms with van der Waals surface area (Å²) in [5.74, 6) is -5.02. The number of carboxylic acids is 3. The fraction of sp³-hybridized carbons (Fsp3) is 0.500. The van der Waals surface area contributed by atoms with Crippen molar-refractivity contribution in [1.82, 2.24) is 0 Å². The summed E-state index contributed by atoms with van der Waals surface area (Å²) in [6.07, 6.45) is -2.29. The molecule has 0 bridgehead atoms. The summed E-state index contributed by atoms with van der Waals surface area (Å²) in [6, 6.07) is 0. The summed E-state index contributed by atoms with van der Waals surface area (Å²) in [5, 5.41) is 33.8. The Morgan fingerprint density at radius 1 is 1.00 bits per heavy atom. The smallest absolute Gasteiger partial charge is 1.00 e. The van der Waals surface area contributed by atoms with Crippen LogP contribution in [-0.4, -0.2) is 68.4 Å². The summed E-state index contributed by atoms with van der Waals surface area (Å²) in [5.41, 5.74) is -2.74. The molecular formula is C6H9NaO7Sb. The van der Waals surface area contributed by atoms with Gasteiger partial charge in [0, 0.05) is 24.4 Å². The number of aliphatic carboxylic acids is 3. The summed E-state index contributed by atoms with van der Waals surface area (Å²) in [7, 11) is 0. The maximum Gasteiger partial charge on any atom is 1.00 e. The van der Waals surface area contributed by atoms with Crippen molar-refractivity contribution < 1.29 is 65.8 Å². The number of carbonyl (C=O) groups is 3. The Bertz CT molecular complexity index is 243. The molecule has 0 unspecified atom stereocenters. The summed E-state index contributed by atoms with van der Waals surface area (Å²) in [4.78, 5) is 30.5. The van der Waals surface area contributed by atoms with Crippen LogP contribution in [0.3, 0.4) is 0 Å². The first-order valence-corrected chi connectivity index (χ1v) is 3.17. The van der Waals surface area contributed by atoms with Gasteiger partial charge in [-0.05, 0) is 0 Å². The molecule has 0 aliphatic rings. The van der Waals surface area contributed by atoms with Crippen LogP contribution in [0.1, 0.15) is 14.3 Å². The van der Waals surface area contributed by atoms with Crippen LogP contribution in [-0.2, 0) is 14.4 Å². The van der Waals surface area contributed by atoms with E-state index in [9.17, 15) is 14.4 Å². The van der Waals surface area contributed by atoms with Gasteiger partial charge >= 0.3 is 47.5 Å². The second-order valence-electron chi connectivity index (χ2n) is 2.48. The molecule has 0 spiro atoms. The fourth-order valence-corrected chi connectivity index (χ4v) is 0.714. The molecule has 7 nitrogen and oxygen atoms in total. The van der Waals surface area contributed by atoms with E-state index in [4.69, 9.17) is 20.4 Å². The van der Waals surface area contributed by atoms with Gasteiger partial charge in [0.05, 0.1) is 12.8 Å². The van der Waals surface area contributed by atoms with E-state index in [2.05, 4.69) is 0 Å². The van der Waals surface area contributed by atoms with Gasteiger partial charge in [-0.1, -0.05) is 0 Å². The monoisotopic (exact) mass is 337 g/mol. The van der Waals surface area contributed by atoms with Crippen molar-refractivity contribution in [3.63, 3.8) is 0 Å². The van der Waals surface area contributed by atoms with Crippen LogP contribution in [0.2, 0.25) is 0 Å². The average molecular weight is 338 g/mol. The second-order valence-corrected chi connectivity index (χ2v) is 2.48. The van der Waals surface area contributed by atoms with Crippen LogP contribution in [0, 0.1) is 0 Å². The molecule has 0 aliphatic carbocycles.